The molecule has 4 nitrogen and oxygen atoms in total. The SMILES string of the molecule is CC(C)(C)c1ccc(S(=O)(=O)Nc2cnsc2)cc1. The summed E-state index contributed by atoms with van der Waals surface area (Å²) < 4.78 is 30.6. The average molecular weight is 296 g/mol. The molecule has 0 amide bonds. The van der Waals surface area contributed by atoms with Crippen LogP contribution in [0, 0.1) is 0 Å². The van der Waals surface area contributed by atoms with Crippen LogP contribution in [0.15, 0.2) is 40.7 Å². The predicted octanol–water partition coefficient (Wildman–Crippen LogP) is 3.24. The fourth-order valence-corrected chi connectivity index (χ4v) is 3.18. The second-order valence-electron chi connectivity index (χ2n) is 5.29. The second-order valence-corrected chi connectivity index (χ2v) is 7.63. The average Bonchev–Trinajstić information content (AvgIpc) is 2.80. The van der Waals surface area contributed by atoms with E-state index in [1.54, 1.807) is 17.5 Å². The summed E-state index contributed by atoms with van der Waals surface area (Å²) >= 11 is 1.20. The van der Waals surface area contributed by atoms with Crippen molar-refractivity contribution in [3.63, 3.8) is 0 Å². The lowest BCUT2D eigenvalue weighted by molar-refractivity contribution is 0.587. The molecule has 0 spiro atoms. The van der Waals surface area contributed by atoms with Crippen LogP contribution in [0.4, 0.5) is 5.69 Å². The van der Waals surface area contributed by atoms with E-state index in [9.17, 15) is 8.42 Å². The summed E-state index contributed by atoms with van der Waals surface area (Å²) in [7, 11) is -3.53. The van der Waals surface area contributed by atoms with Crippen molar-refractivity contribution in [1.82, 2.24) is 4.37 Å². The van der Waals surface area contributed by atoms with Gasteiger partial charge in [0.25, 0.3) is 10.0 Å². The summed E-state index contributed by atoms with van der Waals surface area (Å²) in [5.74, 6) is 0. The van der Waals surface area contributed by atoms with E-state index < -0.39 is 10.0 Å². The first-order valence-corrected chi connectivity index (χ1v) is 8.14. The molecule has 0 aliphatic carbocycles. The van der Waals surface area contributed by atoms with Crippen LogP contribution in [-0.4, -0.2) is 12.8 Å². The zero-order chi connectivity index (χ0) is 14.1. The number of rotatable bonds is 3. The van der Waals surface area contributed by atoms with Crippen molar-refractivity contribution in [2.24, 2.45) is 0 Å². The van der Waals surface area contributed by atoms with E-state index in [0.717, 1.165) is 5.56 Å². The molecule has 1 heterocycles. The minimum Gasteiger partial charge on any atom is -0.277 e. The third-order valence-electron chi connectivity index (χ3n) is 2.72. The van der Waals surface area contributed by atoms with E-state index in [-0.39, 0.29) is 10.3 Å². The van der Waals surface area contributed by atoms with Crippen LogP contribution >= 0.6 is 11.5 Å². The van der Waals surface area contributed by atoms with Crippen LogP contribution < -0.4 is 4.72 Å². The lowest BCUT2D eigenvalue weighted by Gasteiger charge is -2.19. The number of benzene rings is 1. The number of nitrogens with zero attached hydrogens (tertiary/aromatic N) is 1. The van der Waals surface area contributed by atoms with Crippen molar-refractivity contribution in [3.8, 4) is 0 Å². The Labute approximate surface area is 117 Å². The molecule has 0 bridgehead atoms. The molecular weight excluding hydrogens is 280 g/mol. The molecule has 0 fully saturated rings. The maximum absolute atomic E-state index is 12.1. The van der Waals surface area contributed by atoms with Gasteiger partial charge in [-0.1, -0.05) is 32.9 Å². The minimum absolute atomic E-state index is 0.00694. The third-order valence-corrected chi connectivity index (χ3v) is 4.70. The largest absolute Gasteiger partial charge is 0.277 e. The van der Waals surface area contributed by atoms with Gasteiger partial charge in [0.05, 0.1) is 16.8 Å². The first-order valence-electron chi connectivity index (χ1n) is 5.82. The van der Waals surface area contributed by atoms with Crippen molar-refractivity contribution < 1.29 is 8.42 Å². The smallest absolute Gasteiger partial charge is 0.261 e. The van der Waals surface area contributed by atoms with E-state index >= 15 is 0 Å². The van der Waals surface area contributed by atoms with Crippen LogP contribution in [0.5, 0.6) is 0 Å². The van der Waals surface area contributed by atoms with Gasteiger partial charge in [0.2, 0.25) is 0 Å². The molecule has 6 heteroatoms. The van der Waals surface area contributed by atoms with Gasteiger partial charge in [-0.3, -0.25) is 4.72 Å². The third kappa shape index (κ3) is 3.33. The van der Waals surface area contributed by atoms with Gasteiger partial charge in [0, 0.05) is 5.38 Å². The van der Waals surface area contributed by atoms with Crippen LogP contribution in [0.1, 0.15) is 26.3 Å². The van der Waals surface area contributed by atoms with Gasteiger partial charge >= 0.3 is 0 Å². The maximum Gasteiger partial charge on any atom is 0.261 e. The molecule has 0 radical (unpaired) electrons. The zero-order valence-electron chi connectivity index (χ0n) is 11.0. The summed E-state index contributed by atoms with van der Waals surface area (Å²) in [5, 5.41) is 1.65. The molecule has 1 aromatic carbocycles. The molecule has 0 atom stereocenters. The molecule has 1 aromatic heterocycles. The van der Waals surface area contributed by atoms with E-state index in [0.29, 0.717) is 5.69 Å². The molecule has 19 heavy (non-hydrogen) atoms. The van der Waals surface area contributed by atoms with Crippen LogP contribution in [0.2, 0.25) is 0 Å². The molecular formula is C13H16N2O2S2. The first-order chi connectivity index (χ1) is 8.79. The van der Waals surface area contributed by atoms with Crippen LogP contribution in [0.25, 0.3) is 0 Å². The summed E-state index contributed by atoms with van der Waals surface area (Å²) in [4.78, 5) is 0.256. The van der Waals surface area contributed by atoms with Gasteiger partial charge in [0.15, 0.2) is 0 Å². The molecule has 0 unspecified atom stereocenters. The molecule has 0 saturated heterocycles. The second kappa shape index (κ2) is 4.94. The Morgan fingerprint density at radius 2 is 1.79 bits per heavy atom. The Balaban J connectivity index is 2.27. The molecule has 1 N–H and O–H groups in total. The Kier molecular flexibility index (Phi) is 3.64. The van der Waals surface area contributed by atoms with Gasteiger partial charge in [0.1, 0.15) is 0 Å². The van der Waals surface area contributed by atoms with Crippen molar-refractivity contribution in [2.45, 2.75) is 31.1 Å². The Morgan fingerprint density at radius 1 is 1.16 bits per heavy atom. The topological polar surface area (TPSA) is 59.1 Å². The summed E-state index contributed by atoms with van der Waals surface area (Å²) in [6.07, 6.45) is 1.49. The van der Waals surface area contributed by atoms with Gasteiger partial charge in [-0.15, -0.1) is 0 Å². The minimum atomic E-state index is -3.53. The molecule has 2 rings (SSSR count). The van der Waals surface area contributed by atoms with Gasteiger partial charge in [-0.2, -0.15) is 4.37 Å². The predicted molar refractivity (Wildman–Crippen MR) is 78.1 cm³/mol. The lowest BCUT2D eigenvalue weighted by Crippen LogP contribution is -2.14. The molecule has 0 aliphatic rings. The Bertz CT molecular complexity index is 639. The highest BCUT2D eigenvalue weighted by Gasteiger charge is 2.17. The molecule has 0 aliphatic heterocycles. The monoisotopic (exact) mass is 296 g/mol. The van der Waals surface area contributed by atoms with Crippen molar-refractivity contribution in [2.75, 3.05) is 4.72 Å². The number of sulfonamides is 1. The number of nitrogens with one attached hydrogen (secondary N) is 1. The highest BCUT2D eigenvalue weighted by Crippen LogP contribution is 2.24. The highest BCUT2D eigenvalue weighted by atomic mass is 32.2. The quantitative estimate of drug-likeness (QED) is 0.946. The maximum atomic E-state index is 12.1. The number of hydrogen-bond donors (Lipinski definition) is 1. The first kappa shape index (κ1) is 14.0. The fourth-order valence-electron chi connectivity index (χ4n) is 1.60. The number of hydrogen-bond acceptors (Lipinski definition) is 4. The molecule has 0 saturated carbocycles. The van der Waals surface area contributed by atoms with Gasteiger partial charge < -0.3 is 0 Å². The van der Waals surface area contributed by atoms with Gasteiger partial charge in [-0.05, 0) is 34.6 Å². The summed E-state index contributed by atoms with van der Waals surface area (Å²) in [5.41, 5.74) is 1.60. The number of anilines is 1. The van der Waals surface area contributed by atoms with Crippen molar-refractivity contribution in [3.05, 3.63) is 41.4 Å². The summed E-state index contributed by atoms with van der Waals surface area (Å²) in [6.45, 7) is 6.27. The zero-order valence-corrected chi connectivity index (χ0v) is 12.7. The molecule has 102 valence electrons. The Morgan fingerprint density at radius 3 is 2.26 bits per heavy atom. The van der Waals surface area contributed by atoms with Crippen LogP contribution in [0.3, 0.4) is 0 Å². The van der Waals surface area contributed by atoms with E-state index in [1.165, 1.54) is 17.7 Å². The normalized spacial score (nSPS) is 12.4. The Hall–Kier alpha value is -1.40. The van der Waals surface area contributed by atoms with Crippen molar-refractivity contribution >= 4 is 27.2 Å². The summed E-state index contributed by atoms with van der Waals surface area (Å²) in [6, 6.07) is 6.95. The molecule has 2 aromatic rings. The number of aromatic nitrogens is 1. The van der Waals surface area contributed by atoms with E-state index in [1.807, 2.05) is 12.1 Å². The van der Waals surface area contributed by atoms with E-state index in [2.05, 4.69) is 29.9 Å². The highest BCUT2D eigenvalue weighted by molar-refractivity contribution is 7.92. The van der Waals surface area contributed by atoms with Crippen LogP contribution in [-0.2, 0) is 15.4 Å². The van der Waals surface area contributed by atoms with Crippen molar-refractivity contribution in [1.29, 1.82) is 0 Å². The standard InChI is InChI=1S/C13H16N2O2S2/c1-13(2,3)10-4-6-12(7-5-10)19(16,17)15-11-8-14-18-9-11/h4-9,15H,1-3H3. The van der Waals surface area contributed by atoms with Gasteiger partial charge in [-0.25, -0.2) is 8.42 Å². The fraction of sp³-hybridized carbons (Fsp3) is 0.308. The van der Waals surface area contributed by atoms with E-state index in [4.69, 9.17) is 0 Å². The lowest BCUT2D eigenvalue weighted by atomic mass is 9.87.